The molecule has 0 spiro atoms. The van der Waals surface area contributed by atoms with Crippen molar-refractivity contribution in [3.8, 4) is 0 Å². The van der Waals surface area contributed by atoms with Crippen molar-refractivity contribution in [3.05, 3.63) is 102 Å². The van der Waals surface area contributed by atoms with Crippen molar-refractivity contribution in [2.45, 2.75) is 88.3 Å². The molecule has 238 valence electrons. The minimum Gasteiger partial charge on any atom is -0.494 e. The summed E-state index contributed by atoms with van der Waals surface area (Å²) in [5.74, 6) is 0.674. The monoisotopic (exact) mass is 594 g/mol. The van der Waals surface area contributed by atoms with E-state index in [1.54, 1.807) is 13.0 Å². The first-order valence-corrected chi connectivity index (χ1v) is 14.4. The molecule has 0 atom stereocenters. The minimum absolute atomic E-state index is 0.0526. The van der Waals surface area contributed by atoms with Crippen LogP contribution in [0.15, 0.2) is 96.2 Å². The first-order chi connectivity index (χ1) is 19.8. The number of pyridine rings is 1. The molecule has 1 aromatic heterocycles. The summed E-state index contributed by atoms with van der Waals surface area (Å²) < 4.78 is 41.0. The van der Waals surface area contributed by atoms with E-state index in [9.17, 15) is 18.0 Å². The van der Waals surface area contributed by atoms with Crippen molar-refractivity contribution >= 4 is 5.91 Å². The lowest BCUT2D eigenvalue weighted by molar-refractivity contribution is -0.137. The Kier molecular flexibility index (Phi) is 26.0. The average Bonchev–Trinajstić information content (AvgIpc) is 3.20. The molecule has 1 aliphatic rings. The number of carbonyl (C=O) groups is 1. The Bertz CT molecular complexity index is 1010. The fraction of sp³-hybridized carbons (Fsp3) is 0.471. The molecule has 8 heteroatoms. The predicted octanol–water partition coefficient (Wildman–Crippen LogP) is 9.51. The molecular formula is C34H53F3N2O3. The summed E-state index contributed by atoms with van der Waals surface area (Å²) in [6.07, 6.45) is 12.9. The lowest BCUT2D eigenvalue weighted by atomic mass is 9.84. The van der Waals surface area contributed by atoms with E-state index in [4.69, 9.17) is 9.84 Å². The van der Waals surface area contributed by atoms with Gasteiger partial charge < -0.3 is 15.2 Å². The van der Waals surface area contributed by atoms with E-state index in [0.717, 1.165) is 35.6 Å². The normalized spacial score (nSPS) is 12.7. The average molecular weight is 595 g/mol. The number of nitrogens with zero attached hydrogens (tertiary/aromatic N) is 1. The first-order valence-electron chi connectivity index (χ1n) is 14.4. The van der Waals surface area contributed by atoms with Gasteiger partial charge >= 0.3 is 6.18 Å². The summed E-state index contributed by atoms with van der Waals surface area (Å²) in [5, 5.41) is 10.4. The van der Waals surface area contributed by atoms with E-state index in [-0.39, 0.29) is 17.9 Å². The number of ether oxygens (including phenoxy) is 1. The number of amides is 1. The number of aliphatic hydroxyl groups excluding tert-OH is 1. The Morgan fingerprint density at radius 3 is 2.17 bits per heavy atom. The Balaban J connectivity index is -0.000000735. The van der Waals surface area contributed by atoms with Crippen molar-refractivity contribution in [1.82, 2.24) is 10.3 Å². The van der Waals surface area contributed by atoms with Crippen LogP contribution < -0.4 is 5.32 Å². The molecule has 0 saturated carbocycles. The van der Waals surface area contributed by atoms with Gasteiger partial charge in [-0.3, -0.25) is 9.78 Å². The quantitative estimate of drug-likeness (QED) is 0.244. The molecule has 2 N–H and O–H groups in total. The molecule has 0 unspecified atom stereocenters. The smallest absolute Gasteiger partial charge is 0.417 e. The molecule has 1 heterocycles. The highest BCUT2D eigenvalue weighted by Crippen LogP contribution is 2.32. The number of allylic oxidation sites excluding steroid dienone is 8. The highest BCUT2D eigenvalue weighted by Gasteiger charge is 2.30. The van der Waals surface area contributed by atoms with Gasteiger partial charge in [0.2, 0.25) is 5.91 Å². The number of rotatable bonds is 7. The lowest BCUT2D eigenvalue weighted by Gasteiger charge is -2.25. The van der Waals surface area contributed by atoms with E-state index in [1.807, 2.05) is 65.8 Å². The third kappa shape index (κ3) is 21.4. The van der Waals surface area contributed by atoms with Crippen molar-refractivity contribution in [1.29, 1.82) is 0 Å². The van der Waals surface area contributed by atoms with Crippen LogP contribution in [-0.2, 0) is 15.7 Å². The topological polar surface area (TPSA) is 71.5 Å². The van der Waals surface area contributed by atoms with Crippen LogP contribution in [0.3, 0.4) is 0 Å². The third-order valence-corrected chi connectivity index (χ3v) is 4.69. The number of halogens is 3. The SMILES string of the molecule is C=C(/C=C(OCC)\C(=C/C)C(C)(C)C)NC(=O)CC1=CCC=CC=C1.CC.CC.CCO.FC(F)(F)c1cccnc1. The molecule has 42 heavy (non-hydrogen) atoms. The predicted molar refractivity (Wildman–Crippen MR) is 170 cm³/mol. The lowest BCUT2D eigenvalue weighted by Crippen LogP contribution is -2.22. The summed E-state index contributed by atoms with van der Waals surface area (Å²) in [6.45, 7) is 24.8. The molecule has 1 aliphatic carbocycles. The standard InChI is InChI=1S/C22H31NO2.C6H4F3N.C2H6O.2C2H6/c1-7-19(22(4,5)6)20(25-8-2)15-17(3)23-21(24)16-18-13-11-9-10-12-14-18;7-6(8,9)5-2-1-3-10-4-5;1-2-3;2*1-2/h7,9-11,13-15H,3,8,12,16H2,1-2,4-6H3,(H,23,24);1-4H;3H,2H2,1H3;2*1-2H3/b19-7+,20-15+;;;;. The molecule has 0 fully saturated rings. The molecule has 0 bridgehead atoms. The largest absolute Gasteiger partial charge is 0.494 e. The third-order valence-electron chi connectivity index (χ3n) is 4.69. The zero-order chi connectivity index (χ0) is 33.2. The van der Waals surface area contributed by atoms with Gasteiger partial charge in [-0.15, -0.1) is 0 Å². The molecular weight excluding hydrogens is 541 g/mol. The van der Waals surface area contributed by atoms with Gasteiger partial charge in [0.15, 0.2) is 0 Å². The van der Waals surface area contributed by atoms with Crippen molar-refractivity contribution in [2.75, 3.05) is 13.2 Å². The van der Waals surface area contributed by atoms with Crippen LogP contribution in [0.4, 0.5) is 13.2 Å². The number of nitrogens with one attached hydrogen (secondary N) is 1. The Labute approximate surface area is 252 Å². The van der Waals surface area contributed by atoms with Gasteiger partial charge in [-0.1, -0.05) is 91.5 Å². The van der Waals surface area contributed by atoms with E-state index in [1.165, 1.54) is 12.3 Å². The van der Waals surface area contributed by atoms with Gasteiger partial charge in [0, 0.05) is 30.8 Å². The number of aliphatic hydroxyl groups is 1. The summed E-state index contributed by atoms with van der Waals surface area (Å²) in [4.78, 5) is 15.6. The molecule has 0 aliphatic heterocycles. The Morgan fingerprint density at radius 1 is 1.14 bits per heavy atom. The highest BCUT2D eigenvalue weighted by molar-refractivity contribution is 5.81. The Hall–Kier alpha value is -3.39. The van der Waals surface area contributed by atoms with Gasteiger partial charge in [-0.2, -0.15) is 13.2 Å². The summed E-state index contributed by atoms with van der Waals surface area (Å²) >= 11 is 0. The maximum absolute atomic E-state index is 12.3. The molecule has 0 saturated heterocycles. The van der Waals surface area contributed by atoms with Crippen LogP contribution in [0.25, 0.3) is 0 Å². The highest BCUT2D eigenvalue weighted by atomic mass is 19.4. The van der Waals surface area contributed by atoms with Gasteiger partial charge in [0.1, 0.15) is 5.76 Å². The number of hydrogen-bond donors (Lipinski definition) is 2. The first kappa shape index (κ1) is 43.1. The zero-order valence-corrected chi connectivity index (χ0v) is 27.2. The number of carbonyl (C=O) groups excluding carboxylic acids is 1. The van der Waals surface area contributed by atoms with Crippen molar-refractivity contribution in [2.24, 2.45) is 5.41 Å². The van der Waals surface area contributed by atoms with Crippen LogP contribution in [0.5, 0.6) is 0 Å². The maximum Gasteiger partial charge on any atom is 0.417 e. The van der Waals surface area contributed by atoms with Crippen molar-refractivity contribution in [3.63, 3.8) is 0 Å². The maximum atomic E-state index is 12.3. The summed E-state index contributed by atoms with van der Waals surface area (Å²) in [6, 6.07) is 2.23. The zero-order valence-electron chi connectivity index (χ0n) is 27.2. The van der Waals surface area contributed by atoms with Crippen LogP contribution in [0.2, 0.25) is 0 Å². The molecule has 0 radical (unpaired) electrons. The van der Waals surface area contributed by atoms with Crippen LogP contribution in [-0.4, -0.2) is 29.2 Å². The fourth-order valence-electron chi connectivity index (χ4n) is 3.19. The molecule has 1 amide bonds. The van der Waals surface area contributed by atoms with Gasteiger partial charge in [0.25, 0.3) is 0 Å². The summed E-state index contributed by atoms with van der Waals surface area (Å²) in [7, 11) is 0. The molecule has 1 aromatic rings. The molecule has 0 aromatic carbocycles. The van der Waals surface area contributed by atoms with E-state index in [0.29, 0.717) is 18.7 Å². The van der Waals surface area contributed by atoms with Gasteiger partial charge in [0.05, 0.1) is 18.6 Å². The van der Waals surface area contributed by atoms with E-state index < -0.39 is 11.7 Å². The van der Waals surface area contributed by atoms with Gasteiger partial charge in [-0.25, -0.2) is 0 Å². The summed E-state index contributed by atoms with van der Waals surface area (Å²) in [5.41, 5.74) is 1.87. The number of alkyl halides is 3. The second-order valence-electron chi connectivity index (χ2n) is 9.00. The van der Waals surface area contributed by atoms with Crippen LogP contribution >= 0.6 is 0 Å². The minimum atomic E-state index is -4.27. The van der Waals surface area contributed by atoms with Crippen molar-refractivity contribution < 1.29 is 27.8 Å². The molecule has 2 rings (SSSR count). The number of aromatic nitrogens is 1. The second kappa shape index (κ2) is 25.3. The number of hydrogen-bond acceptors (Lipinski definition) is 4. The van der Waals surface area contributed by atoms with E-state index >= 15 is 0 Å². The molecule has 5 nitrogen and oxygen atoms in total. The van der Waals surface area contributed by atoms with Gasteiger partial charge in [-0.05, 0) is 55.9 Å². The Morgan fingerprint density at radius 2 is 1.74 bits per heavy atom. The van der Waals surface area contributed by atoms with E-state index in [2.05, 4.69) is 49.8 Å². The van der Waals surface area contributed by atoms with Crippen LogP contribution in [0.1, 0.15) is 87.6 Å². The second-order valence-corrected chi connectivity index (χ2v) is 9.00. The fourth-order valence-corrected chi connectivity index (χ4v) is 3.19. The van der Waals surface area contributed by atoms with Crippen LogP contribution in [0, 0.1) is 5.41 Å².